The second-order valence-electron chi connectivity index (χ2n) is 5.23. The lowest BCUT2D eigenvalue weighted by Gasteiger charge is -2.20. The van der Waals surface area contributed by atoms with Crippen molar-refractivity contribution >= 4 is 12.0 Å². The Bertz CT molecular complexity index is 760. The van der Waals surface area contributed by atoms with Gasteiger partial charge in [0.2, 0.25) is 5.91 Å². The number of aromatic nitrogens is 1. The number of amides is 1. The first-order valence-electron chi connectivity index (χ1n) is 7.13. The predicted octanol–water partition coefficient (Wildman–Crippen LogP) is 2.36. The van der Waals surface area contributed by atoms with Crippen molar-refractivity contribution < 1.29 is 14.3 Å². The molecule has 0 spiro atoms. The van der Waals surface area contributed by atoms with Gasteiger partial charge in [0.05, 0.1) is 0 Å². The van der Waals surface area contributed by atoms with E-state index in [-0.39, 0.29) is 0 Å². The summed E-state index contributed by atoms with van der Waals surface area (Å²) in [5.74, 6) is 1.07. The Morgan fingerprint density at radius 1 is 1.18 bits per heavy atom. The molecule has 2 N–H and O–H groups in total. The Hall–Kier alpha value is -2.69. The molecule has 0 fully saturated rings. The first-order chi connectivity index (χ1) is 10.6. The van der Waals surface area contributed by atoms with Gasteiger partial charge in [-0.25, -0.2) is 0 Å². The van der Waals surface area contributed by atoms with E-state index >= 15 is 0 Å². The average Bonchev–Trinajstić information content (AvgIpc) is 2.79. The zero-order valence-electron chi connectivity index (χ0n) is 12.6. The van der Waals surface area contributed by atoms with Gasteiger partial charge in [0.25, 0.3) is 0 Å². The van der Waals surface area contributed by atoms with Crippen LogP contribution in [0.3, 0.4) is 0 Å². The van der Waals surface area contributed by atoms with Crippen molar-refractivity contribution in [1.82, 2.24) is 4.57 Å². The highest BCUT2D eigenvalue weighted by atomic mass is 16.6. The summed E-state index contributed by atoms with van der Waals surface area (Å²) in [6, 6.07) is 7.90. The van der Waals surface area contributed by atoms with Crippen molar-refractivity contribution in [1.29, 1.82) is 0 Å². The van der Waals surface area contributed by atoms with E-state index < -0.39 is 5.91 Å². The summed E-state index contributed by atoms with van der Waals surface area (Å²) in [6.45, 7) is 5.17. The fraction of sp³-hybridized carbons (Fsp3) is 0.235. The van der Waals surface area contributed by atoms with Crippen molar-refractivity contribution in [3.8, 4) is 17.2 Å². The zero-order valence-corrected chi connectivity index (χ0v) is 12.6. The summed E-state index contributed by atoms with van der Waals surface area (Å²) in [4.78, 5) is 10.9. The zero-order chi connectivity index (χ0) is 15.7. The molecule has 22 heavy (non-hydrogen) atoms. The standard InChI is InChI=1S/C17H18N2O3/c1-11-9-13(3-6-17(18)20)12(2)19(11)14-4-5-15-16(10-14)22-8-7-21-15/h3-6,9-10H,7-8H2,1-2H3,(H2,18,20)/b6-3+. The molecule has 5 heteroatoms. The van der Waals surface area contributed by atoms with Gasteiger partial charge < -0.3 is 19.8 Å². The molecule has 114 valence electrons. The monoisotopic (exact) mass is 298 g/mol. The van der Waals surface area contributed by atoms with E-state index in [2.05, 4.69) is 4.57 Å². The summed E-state index contributed by atoms with van der Waals surface area (Å²) < 4.78 is 13.3. The van der Waals surface area contributed by atoms with Crippen LogP contribution in [0.2, 0.25) is 0 Å². The van der Waals surface area contributed by atoms with Crippen LogP contribution in [0.25, 0.3) is 11.8 Å². The SMILES string of the molecule is Cc1cc(/C=C/C(N)=O)c(C)n1-c1ccc2c(c1)OCCO2. The van der Waals surface area contributed by atoms with Crippen LogP contribution in [0.15, 0.2) is 30.3 Å². The number of primary amides is 1. The molecule has 0 saturated carbocycles. The number of fused-ring (bicyclic) bond motifs is 1. The molecule has 1 aromatic carbocycles. The molecular formula is C17H18N2O3. The van der Waals surface area contributed by atoms with Gasteiger partial charge in [-0.05, 0) is 43.7 Å². The van der Waals surface area contributed by atoms with E-state index in [1.54, 1.807) is 6.08 Å². The Morgan fingerprint density at radius 2 is 1.91 bits per heavy atom. The van der Waals surface area contributed by atoms with Crippen LogP contribution < -0.4 is 15.2 Å². The van der Waals surface area contributed by atoms with E-state index in [4.69, 9.17) is 15.2 Å². The average molecular weight is 298 g/mol. The molecule has 5 nitrogen and oxygen atoms in total. The third-order valence-corrected chi connectivity index (χ3v) is 3.68. The van der Waals surface area contributed by atoms with Gasteiger partial charge in [-0.1, -0.05) is 0 Å². The minimum Gasteiger partial charge on any atom is -0.486 e. The van der Waals surface area contributed by atoms with Gasteiger partial charge in [-0.2, -0.15) is 0 Å². The number of benzene rings is 1. The maximum atomic E-state index is 10.9. The molecular weight excluding hydrogens is 280 g/mol. The van der Waals surface area contributed by atoms with E-state index in [9.17, 15) is 4.79 Å². The van der Waals surface area contributed by atoms with E-state index in [0.717, 1.165) is 34.1 Å². The largest absolute Gasteiger partial charge is 0.486 e. The van der Waals surface area contributed by atoms with Crippen LogP contribution in [-0.4, -0.2) is 23.7 Å². The fourth-order valence-corrected chi connectivity index (χ4v) is 2.70. The van der Waals surface area contributed by atoms with Gasteiger partial charge in [0.1, 0.15) is 13.2 Å². The third kappa shape index (κ3) is 2.57. The smallest absolute Gasteiger partial charge is 0.241 e. The number of carbonyl (C=O) groups is 1. The van der Waals surface area contributed by atoms with Gasteiger partial charge >= 0.3 is 0 Å². The quantitative estimate of drug-likeness (QED) is 0.885. The minimum absolute atomic E-state index is 0.455. The molecule has 0 unspecified atom stereocenters. The number of rotatable bonds is 3. The highest BCUT2D eigenvalue weighted by molar-refractivity contribution is 5.90. The summed E-state index contributed by atoms with van der Waals surface area (Å²) >= 11 is 0. The summed E-state index contributed by atoms with van der Waals surface area (Å²) in [6.07, 6.45) is 3.11. The predicted molar refractivity (Wildman–Crippen MR) is 84.5 cm³/mol. The van der Waals surface area contributed by atoms with Crippen LogP contribution >= 0.6 is 0 Å². The molecule has 0 radical (unpaired) electrons. The van der Waals surface area contributed by atoms with Gasteiger partial charge in [0, 0.05) is 29.2 Å². The van der Waals surface area contributed by atoms with E-state index in [0.29, 0.717) is 13.2 Å². The topological polar surface area (TPSA) is 66.5 Å². The highest BCUT2D eigenvalue weighted by Gasteiger charge is 2.15. The summed E-state index contributed by atoms with van der Waals surface area (Å²) in [5.41, 5.74) is 9.22. The molecule has 1 aliphatic heterocycles. The molecule has 3 rings (SSSR count). The second-order valence-corrected chi connectivity index (χ2v) is 5.23. The van der Waals surface area contributed by atoms with Gasteiger partial charge in [-0.3, -0.25) is 4.79 Å². The Balaban J connectivity index is 2.03. The number of ether oxygens (including phenoxy) is 2. The van der Waals surface area contributed by atoms with Gasteiger partial charge in [0.15, 0.2) is 11.5 Å². The maximum absolute atomic E-state index is 10.9. The molecule has 1 aromatic heterocycles. The van der Waals surface area contributed by atoms with Crippen LogP contribution in [-0.2, 0) is 4.79 Å². The molecule has 2 heterocycles. The number of hydrogen-bond donors (Lipinski definition) is 1. The lowest BCUT2D eigenvalue weighted by Crippen LogP contribution is -2.15. The normalized spacial score (nSPS) is 13.5. The van der Waals surface area contributed by atoms with Crippen molar-refractivity contribution in [2.45, 2.75) is 13.8 Å². The second kappa shape index (κ2) is 5.60. The molecule has 0 saturated heterocycles. The number of aryl methyl sites for hydroxylation is 1. The van der Waals surface area contributed by atoms with E-state index in [1.165, 1.54) is 6.08 Å². The lowest BCUT2D eigenvalue weighted by atomic mass is 10.2. The maximum Gasteiger partial charge on any atom is 0.241 e. The van der Waals surface area contributed by atoms with Crippen molar-refractivity contribution in [3.05, 3.63) is 47.3 Å². The summed E-state index contributed by atoms with van der Waals surface area (Å²) in [7, 11) is 0. The molecule has 2 aromatic rings. The molecule has 0 atom stereocenters. The first kappa shape index (κ1) is 14.3. The Morgan fingerprint density at radius 3 is 2.64 bits per heavy atom. The summed E-state index contributed by atoms with van der Waals surface area (Å²) in [5, 5.41) is 0. The molecule has 0 aliphatic carbocycles. The Labute approximate surface area is 128 Å². The number of nitrogens with zero attached hydrogens (tertiary/aromatic N) is 1. The van der Waals surface area contributed by atoms with Crippen molar-refractivity contribution in [3.63, 3.8) is 0 Å². The first-order valence-corrected chi connectivity index (χ1v) is 7.13. The fourth-order valence-electron chi connectivity index (χ4n) is 2.70. The lowest BCUT2D eigenvalue weighted by molar-refractivity contribution is -0.113. The molecule has 1 aliphatic rings. The van der Waals surface area contributed by atoms with Crippen molar-refractivity contribution in [2.75, 3.05) is 13.2 Å². The van der Waals surface area contributed by atoms with Crippen molar-refractivity contribution in [2.24, 2.45) is 5.73 Å². The van der Waals surface area contributed by atoms with Crippen LogP contribution in [0.5, 0.6) is 11.5 Å². The van der Waals surface area contributed by atoms with Crippen LogP contribution in [0.1, 0.15) is 17.0 Å². The third-order valence-electron chi connectivity index (χ3n) is 3.68. The van der Waals surface area contributed by atoms with Crippen LogP contribution in [0.4, 0.5) is 0 Å². The minimum atomic E-state index is -0.455. The number of carbonyl (C=O) groups excluding carboxylic acids is 1. The van der Waals surface area contributed by atoms with Crippen LogP contribution in [0, 0.1) is 13.8 Å². The molecule has 0 bridgehead atoms. The Kier molecular flexibility index (Phi) is 3.63. The number of nitrogens with two attached hydrogens (primary N) is 1. The number of hydrogen-bond acceptors (Lipinski definition) is 3. The highest BCUT2D eigenvalue weighted by Crippen LogP contribution is 2.33. The van der Waals surface area contributed by atoms with E-state index in [1.807, 2.05) is 38.1 Å². The molecule has 1 amide bonds. The van der Waals surface area contributed by atoms with Gasteiger partial charge in [-0.15, -0.1) is 0 Å².